The van der Waals surface area contributed by atoms with Crippen LogP contribution in [0.4, 0.5) is 22.0 Å². The molecule has 3 aromatic heterocycles. The van der Waals surface area contributed by atoms with Gasteiger partial charge in [0.25, 0.3) is 0 Å². The fraction of sp³-hybridized carbons (Fsp3) is 0.182. The number of morpholine rings is 1. The second-order valence-electron chi connectivity index (χ2n) is 7.09. The number of fused-ring (bicyclic) bond motifs is 1. The van der Waals surface area contributed by atoms with Gasteiger partial charge in [-0.05, 0) is 48.5 Å². The Hall–Kier alpha value is -3.98. The van der Waals surface area contributed by atoms with Crippen molar-refractivity contribution in [2.75, 3.05) is 41.8 Å². The van der Waals surface area contributed by atoms with Crippen LogP contribution in [0.3, 0.4) is 0 Å². The van der Waals surface area contributed by atoms with Crippen molar-refractivity contribution in [1.29, 1.82) is 0 Å². The molecule has 2 amide bonds. The van der Waals surface area contributed by atoms with Gasteiger partial charge in [-0.2, -0.15) is 0 Å². The number of aromatic nitrogens is 4. The summed E-state index contributed by atoms with van der Waals surface area (Å²) in [4.78, 5) is 23.2. The molecule has 2 N–H and O–H groups in total. The van der Waals surface area contributed by atoms with Crippen molar-refractivity contribution in [2.24, 2.45) is 0 Å². The number of nitrogens with one attached hydrogen (secondary N) is 2. The van der Waals surface area contributed by atoms with E-state index in [0.717, 1.165) is 30.0 Å². The van der Waals surface area contributed by atoms with Crippen LogP contribution in [-0.4, -0.2) is 51.9 Å². The lowest BCUT2D eigenvalue weighted by Gasteiger charge is -2.28. The third-order valence-corrected chi connectivity index (χ3v) is 5.00. The second kappa shape index (κ2) is 8.41. The Labute approximate surface area is 178 Å². The van der Waals surface area contributed by atoms with Crippen LogP contribution in [-0.2, 0) is 4.74 Å². The molecule has 0 atom stereocenters. The van der Waals surface area contributed by atoms with Crippen molar-refractivity contribution in [3.8, 4) is 11.4 Å². The molecule has 0 spiro atoms. The number of hydrogen-bond donors (Lipinski definition) is 2. The number of carbonyl (C=O) groups is 1. The van der Waals surface area contributed by atoms with Gasteiger partial charge in [-0.15, -0.1) is 5.10 Å². The van der Waals surface area contributed by atoms with Gasteiger partial charge in [0, 0.05) is 36.7 Å². The highest BCUT2D eigenvalue weighted by Gasteiger charge is 2.18. The van der Waals surface area contributed by atoms with Gasteiger partial charge in [-0.25, -0.2) is 14.3 Å². The quantitative estimate of drug-likeness (QED) is 0.531. The molecule has 1 fully saturated rings. The molecule has 0 saturated carbocycles. The van der Waals surface area contributed by atoms with Gasteiger partial charge in [-0.1, -0.05) is 0 Å². The normalized spacial score (nSPS) is 13.9. The van der Waals surface area contributed by atoms with E-state index in [1.54, 1.807) is 24.5 Å². The van der Waals surface area contributed by atoms with E-state index in [4.69, 9.17) is 9.72 Å². The first-order chi connectivity index (χ1) is 15.3. The SMILES string of the molecule is O=C(Nc1ccc(-c2nc(N3CCOCC3)c3cccn3n2)cc1)Nc1cccnc1. The summed E-state index contributed by atoms with van der Waals surface area (Å²) >= 11 is 0. The molecule has 0 unspecified atom stereocenters. The number of ether oxygens (including phenoxy) is 1. The Morgan fingerprint density at radius 2 is 1.77 bits per heavy atom. The fourth-order valence-corrected chi connectivity index (χ4v) is 3.48. The standard InChI is InChI=1S/C22H21N7O2/c30-22(25-18-3-1-9-23-15-18)24-17-7-5-16(6-8-17)20-26-21(28-11-13-31-14-12-28)19-4-2-10-29(19)27-20/h1-10,15H,11-14H2,(H2,24,25,30). The number of pyridine rings is 1. The van der Waals surface area contributed by atoms with E-state index in [1.165, 1.54) is 0 Å². The predicted octanol–water partition coefficient (Wildman–Crippen LogP) is 3.27. The average molecular weight is 415 g/mol. The lowest BCUT2D eigenvalue weighted by molar-refractivity contribution is 0.122. The topological polar surface area (TPSA) is 96.7 Å². The summed E-state index contributed by atoms with van der Waals surface area (Å²) in [6.45, 7) is 2.97. The van der Waals surface area contributed by atoms with Crippen molar-refractivity contribution in [2.45, 2.75) is 0 Å². The second-order valence-corrected chi connectivity index (χ2v) is 7.09. The van der Waals surface area contributed by atoms with Crippen LogP contribution < -0.4 is 15.5 Å². The summed E-state index contributed by atoms with van der Waals surface area (Å²) in [5, 5.41) is 10.2. The molecule has 0 aliphatic carbocycles. The van der Waals surface area contributed by atoms with Crippen LogP contribution in [0.15, 0.2) is 67.1 Å². The van der Waals surface area contributed by atoms with E-state index in [-0.39, 0.29) is 6.03 Å². The van der Waals surface area contributed by atoms with E-state index in [9.17, 15) is 4.79 Å². The summed E-state index contributed by atoms with van der Waals surface area (Å²) < 4.78 is 7.32. The summed E-state index contributed by atoms with van der Waals surface area (Å²) in [7, 11) is 0. The van der Waals surface area contributed by atoms with E-state index in [1.807, 2.05) is 47.1 Å². The Morgan fingerprint density at radius 3 is 2.55 bits per heavy atom. The first kappa shape index (κ1) is 19.0. The maximum atomic E-state index is 12.2. The van der Waals surface area contributed by atoms with Crippen molar-refractivity contribution in [3.05, 3.63) is 67.1 Å². The minimum atomic E-state index is -0.333. The number of amides is 2. The Morgan fingerprint density at radius 1 is 0.968 bits per heavy atom. The molecule has 9 heteroatoms. The molecule has 5 rings (SSSR count). The molecule has 0 radical (unpaired) electrons. The summed E-state index contributed by atoms with van der Waals surface area (Å²) in [5.74, 6) is 1.52. The minimum Gasteiger partial charge on any atom is -0.378 e. The van der Waals surface area contributed by atoms with Gasteiger partial charge in [0.1, 0.15) is 5.52 Å². The zero-order valence-electron chi connectivity index (χ0n) is 16.7. The Bertz CT molecular complexity index is 1190. The summed E-state index contributed by atoms with van der Waals surface area (Å²) in [6, 6.07) is 14.6. The lowest BCUT2D eigenvalue weighted by atomic mass is 10.2. The maximum absolute atomic E-state index is 12.2. The molecule has 9 nitrogen and oxygen atoms in total. The fourth-order valence-electron chi connectivity index (χ4n) is 3.48. The maximum Gasteiger partial charge on any atom is 0.323 e. The number of rotatable bonds is 4. The lowest BCUT2D eigenvalue weighted by Crippen LogP contribution is -2.37. The number of benzene rings is 1. The first-order valence-corrected chi connectivity index (χ1v) is 10.0. The Balaban J connectivity index is 1.36. The minimum absolute atomic E-state index is 0.333. The highest BCUT2D eigenvalue weighted by atomic mass is 16.5. The largest absolute Gasteiger partial charge is 0.378 e. The van der Waals surface area contributed by atoms with Gasteiger partial charge in [0.05, 0.1) is 25.1 Å². The van der Waals surface area contributed by atoms with Crippen LogP contribution in [0, 0.1) is 0 Å². The van der Waals surface area contributed by atoms with E-state index >= 15 is 0 Å². The molecule has 1 aliphatic heterocycles. The van der Waals surface area contributed by atoms with E-state index < -0.39 is 0 Å². The number of hydrogen-bond acceptors (Lipinski definition) is 6. The average Bonchev–Trinajstić information content (AvgIpc) is 3.29. The molecular weight excluding hydrogens is 394 g/mol. The number of carbonyl (C=O) groups excluding carboxylic acids is 1. The molecule has 1 aromatic carbocycles. The predicted molar refractivity (Wildman–Crippen MR) is 118 cm³/mol. The van der Waals surface area contributed by atoms with Crippen molar-refractivity contribution in [3.63, 3.8) is 0 Å². The van der Waals surface area contributed by atoms with Crippen molar-refractivity contribution >= 4 is 28.7 Å². The molecule has 1 saturated heterocycles. The van der Waals surface area contributed by atoms with Gasteiger partial charge in [0.15, 0.2) is 11.6 Å². The summed E-state index contributed by atoms with van der Waals surface area (Å²) in [6.07, 6.45) is 5.16. The zero-order valence-corrected chi connectivity index (χ0v) is 16.7. The first-order valence-electron chi connectivity index (χ1n) is 10.0. The highest BCUT2D eigenvalue weighted by molar-refractivity contribution is 5.99. The zero-order chi connectivity index (χ0) is 21.0. The molecule has 4 heterocycles. The molecule has 1 aliphatic rings. The van der Waals surface area contributed by atoms with Gasteiger partial charge < -0.3 is 20.3 Å². The highest BCUT2D eigenvalue weighted by Crippen LogP contribution is 2.25. The van der Waals surface area contributed by atoms with Gasteiger partial charge >= 0.3 is 6.03 Å². The molecule has 4 aromatic rings. The third-order valence-electron chi connectivity index (χ3n) is 5.00. The van der Waals surface area contributed by atoms with Crippen LogP contribution in [0.25, 0.3) is 16.9 Å². The smallest absolute Gasteiger partial charge is 0.323 e. The van der Waals surface area contributed by atoms with Crippen molar-refractivity contribution < 1.29 is 9.53 Å². The molecule has 31 heavy (non-hydrogen) atoms. The van der Waals surface area contributed by atoms with Crippen LogP contribution in [0.5, 0.6) is 0 Å². The van der Waals surface area contributed by atoms with Gasteiger partial charge in [0.2, 0.25) is 0 Å². The Kier molecular flexibility index (Phi) is 5.16. The number of anilines is 3. The van der Waals surface area contributed by atoms with Crippen LogP contribution in [0.1, 0.15) is 0 Å². The van der Waals surface area contributed by atoms with Crippen LogP contribution >= 0.6 is 0 Å². The van der Waals surface area contributed by atoms with Crippen molar-refractivity contribution in [1.82, 2.24) is 19.6 Å². The molecule has 156 valence electrons. The number of nitrogens with zero attached hydrogens (tertiary/aromatic N) is 5. The molecular formula is C22H21N7O2. The van der Waals surface area contributed by atoms with E-state index in [2.05, 4.69) is 25.6 Å². The van der Waals surface area contributed by atoms with Crippen LogP contribution in [0.2, 0.25) is 0 Å². The van der Waals surface area contributed by atoms with Gasteiger partial charge in [-0.3, -0.25) is 4.98 Å². The third kappa shape index (κ3) is 4.17. The number of urea groups is 1. The monoisotopic (exact) mass is 415 g/mol. The van der Waals surface area contributed by atoms with E-state index in [0.29, 0.717) is 30.4 Å². The summed E-state index contributed by atoms with van der Waals surface area (Å²) in [5.41, 5.74) is 3.13. The molecule has 0 bridgehead atoms.